The van der Waals surface area contributed by atoms with Crippen LogP contribution in [0.3, 0.4) is 0 Å². The van der Waals surface area contributed by atoms with Crippen molar-refractivity contribution in [1.29, 1.82) is 0 Å². The fourth-order valence-corrected chi connectivity index (χ4v) is 3.42. The lowest BCUT2D eigenvalue weighted by Gasteiger charge is -2.18. The van der Waals surface area contributed by atoms with E-state index in [-0.39, 0.29) is 36.7 Å². The predicted molar refractivity (Wildman–Crippen MR) is 123 cm³/mol. The molecular formula is C24H23N5O4. The van der Waals surface area contributed by atoms with Gasteiger partial charge in [0.1, 0.15) is 12.9 Å². The summed E-state index contributed by atoms with van der Waals surface area (Å²) in [5.74, 6) is -0.756. The third-order valence-corrected chi connectivity index (χ3v) is 4.96. The molecule has 3 heterocycles. The number of aryl methyl sites for hydroxylation is 1. The molecule has 9 heteroatoms. The fourth-order valence-electron chi connectivity index (χ4n) is 3.42. The molecule has 0 unspecified atom stereocenters. The van der Waals surface area contributed by atoms with Crippen molar-refractivity contribution in [3.05, 3.63) is 93.9 Å². The minimum Gasteiger partial charge on any atom is -0.462 e. The molecule has 1 aromatic carbocycles. The largest absolute Gasteiger partial charge is 0.462 e. The van der Waals surface area contributed by atoms with E-state index in [0.29, 0.717) is 11.1 Å². The molecule has 0 radical (unpaired) electrons. The van der Waals surface area contributed by atoms with E-state index in [0.717, 1.165) is 16.0 Å². The van der Waals surface area contributed by atoms with Crippen molar-refractivity contribution < 1.29 is 14.4 Å². The van der Waals surface area contributed by atoms with E-state index in [9.17, 15) is 9.59 Å². The number of anilines is 1. The first-order chi connectivity index (χ1) is 16.1. The number of hydrogen-bond acceptors (Lipinski definition) is 8. The van der Waals surface area contributed by atoms with Gasteiger partial charge in [-0.15, -0.1) is 4.73 Å². The van der Waals surface area contributed by atoms with Crippen LogP contribution < -0.4 is 15.7 Å². The molecule has 0 aliphatic carbocycles. The Morgan fingerprint density at radius 1 is 1.06 bits per heavy atom. The summed E-state index contributed by atoms with van der Waals surface area (Å²) in [5.41, 5.74) is 1.87. The zero-order valence-corrected chi connectivity index (χ0v) is 18.3. The number of ether oxygens (including phenoxy) is 1. The summed E-state index contributed by atoms with van der Waals surface area (Å²) < 4.78 is 6.24. The van der Waals surface area contributed by atoms with Gasteiger partial charge in [0, 0.05) is 6.20 Å². The first-order valence-electron chi connectivity index (χ1n) is 10.5. The zero-order valence-electron chi connectivity index (χ0n) is 18.3. The van der Waals surface area contributed by atoms with Gasteiger partial charge < -0.3 is 14.9 Å². The second-order valence-electron chi connectivity index (χ2n) is 7.16. The van der Waals surface area contributed by atoms with E-state index < -0.39 is 11.5 Å². The van der Waals surface area contributed by atoms with Crippen molar-refractivity contribution in [2.24, 2.45) is 0 Å². The lowest BCUT2D eigenvalue weighted by Crippen LogP contribution is -2.34. The van der Waals surface area contributed by atoms with Crippen LogP contribution in [-0.4, -0.2) is 32.3 Å². The molecule has 0 saturated heterocycles. The van der Waals surface area contributed by atoms with E-state index >= 15 is 0 Å². The molecule has 0 bridgehead atoms. The maximum Gasteiger partial charge on any atom is 0.346 e. The second kappa shape index (κ2) is 9.90. The normalized spacial score (nSPS) is 10.7. The van der Waals surface area contributed by atoms with E-state index in [2.05, 4.69) is 20.3 Å². The fraction of sp³-hybridized carbons (Fsp3) is 0.208. The number of pyridine rings is 2. The van der Waals surface area contributed by atoms with Gasteiger partial charge >= 0.3 is 11.5 Å². The molecule has 0 aliphatic rings. The lowest BCUT2D eigenvalue weighted by molar-refractivity contribution is 0.0513. The SMILES string of the molecule is CCOC(=O)c1c(NCc2ccccn2)c2c(C)ncnc2n(OCc2ccccc2)c1=O. The van der Waals surface area contributed by atoms with Crippen LogP contribution in [0.15, 0.2) is 65.8 Å². The van der Waals surface area contributed by atoms with Crippen LogP contribution in [0.25, 0.3) is 11.0 Å². The highest BCUT2D eigenvalue weighted by Crippen LogP contribution is 2.27. The molecule has 0 atom stereocenters. The van der Waals surface area contributed by atoms with Crippen LogP contribution >= 0.6 is 0 Å². The van der Waals surface area contributed by atoms with Crippen molar-refractivity contribution in [2.75, 3.05) is 11.9 Å². The highest BCUT2D eigenvalue weighted by molar-refractivity contribution is 6.04. The summed E-state index contributed by atoms with van der Waals surface area (Å²) in [6.07, 6.45) is 3.02. The van der Waals surface area contributed by atoms with Crippen LogP contribution in [0.5, 0.6) is 0 Å². The number of nitrogens with zero attached hydrogens (tertiary/aromatic N) is 4. The smallest absolute Gasteiger partial charge is 0.346 e. The molecule has 33 heavy (non-hydrogen) atoms. The van der Waals surface area contributed by atoms with Gasteiger partial charge in [-0.3, -0.25) is 9.78 Å². The number of benzene rings is 1. The van der Waals surface area contributed by atoms with Gasteiger partial charge in [-0.25, -0.2) is 14.8 Å². The molecule has 0 saturated carbocycles. The third kappa shape index (κ3) is 4.67. The number of carbonyl (C=O) groups excluding carboxylic acids is 1. The molecule has 9 nitrogen and oxygen atoms in total. The van der Waals surface area contributed by atoms with Crippen LogP contribution in [0.2, 0.25) is 0 Å². The Labute approximate surface area is 190 Å². The van der Waals surface area contributed by atoms with Crippen molar-refractivity contribution in [1.82, 2.24) is 19.7 Å². The lowest BCUT2D eigenvalue weighted by atomic mass is 10.1. The number of aromatic nitrogens is 4. The Bertz CT molecular complexity index is 1320. The van der Waals surface area contributed by atoms with Crippen LogP contribution in [0.1, 0.15) is 34.2 Å². The van der Waals surface area contributed by atoms with Crippen LogP contribution in [0.4, 0.5) is 5.69 Å². The summed E-state index contributed by atoms with van der Waals surface area (Å²) in [5, 5.41) is 3.67. The molecule has 3 aromatic heterocycles. The molecule has 4 aromatic rings. The van der Waals surface area contributed by atoms with Gasteiger partial charge in [0.2, 0.25) is 0 Å². The third-order valence-electron chi connectivity index (χ3n) is 4.96. The molecule has 1 N–H and O–H groups in total. The number of hydrogen-bond donors (Lipinski definition) is 1. The Morgan fingerprint density at radius 3 is 2.58 bits per heavy atom. The monoisotopic (exact) mass is 445 g/mol. The summed E-state index contributed by atoms with van der Waals surface area (Å²) in [7, 11) is 0. The van der Waals surface area contributed by atoms with Gasteiger partial charge in [0.05, 0.1) is 35.6 Å². The highest BCUT2D eigenvalue weighted by Gasteiger charge is 2.26. The Kier molecular flexibility index (Phi) is 6.58. The number of nitrogens with one attached hydrogen (secondary N) is 1. The summed E-state index contributed by atoms with van der Waals surface area (Å²) in [6.45, 7) is 3.97. The molecule has 0 amide bonds. The second-order valence-corrected chi connectivity index (χ2v) is 7.16. The average molecular weight is 445 g/mol. The van der Waals surface area contributed by atoms with E-state index in [4.69, 9.17) is 9.57 Å². The molecule has 4 rings (SSSR count). The van der Waals surface area contributed by atoms with E-state index in [1.165, 1.54) is 6.33 Å². The molecule has 0 aliphatic heterocycles. The molecule has 168 valence electrons. The number of fused-ring (bicyclic) bond motifs is 1. The molecule has 0 fully saturated rings. The van der Waals surface area contributed by atoms with Crippen molar-refractivity contribution >= 4 is 22.7 Å². The Balaban J connectivity index is 1.86. The van der Waals surface area contributed by atoms with Gasteiger partial charge in [-0.1, -0.05) is 36.4 Å². The summed E-state index contributed by atoms with van der Waals surface area (Å²) >= 11 is 0. The predicted octanol–water partition coefficient (Wildman–Crippen LogP) is 2.91. The average Bonchev–Trinajstić information content (AvgIpc) is 2.83. The van der Waals surface area contributed by atoms with Gasteiger partial charge in [0.25, 0.3) is 0 Å². The first kappa shape index (κ1) is 21.9. The number of carbonyl (C=O) groups is 1. The van der Waals surface area contributed by atoms with E-state index in [1.54, 1.807) is 20.0 Å². The zero-order chi connectivity index (χ0) is 23.2. The minimum absolute atomic E-state index is 0.113. The highest BCUT2D eigenvalue weighted by atomic mass is 16.7. The number of esters is 1. The van der Waals surface area contributed by atoms with Gasteiger partial charge in [-0.2, -0.15) is 0 Å². The molecular weight excluding hydrogens is 422 g/mol. The van der Waals surface area contributed by atoms with Crippen molar-refractivity contribution in [3.63, 3.8) is 0 Å². The Morgan fingerprint density at radius 2 is 1.85 bits per heavy atom. The summed E-state index contributed by atoms with van der Waals surface area (Å²) in [6, 6.07) is 14.9. The summed E-state index contributed by atoms with van der Waals surface area (Å²) in [4.78, 5) is 45.1. The number of rotatable bonds is 8. The van der Waals surface area contributed by atoms with Gasteiger partial charge in [0.15, 0.2) is 11.2 Å². The Hall–Kier alpha value is -4.27. The van der Waals surface area contributed by atoms with Crippen LogP contribution in [-0.2, 0) is 17.9 Å². The minimum atomic E-state index is -0.756. The van der Waals surface area contributed by atoms with E-state index in [1.807, 2.05) is 48.5 Å². The molecule has 0 spiro atoms. The van der Waals surface area contributed by atoms with Crippen molar-refractivity contribution in [3.8, 4) is 0 Å². The maximum atomic E-state index is 13.5. The standard InChI is InChI=1S/C24H23N5O4/c1-3-32-24(31)20-21(26-13-18-11-7-8-12-25-18)19-16(2)27-15-28-22(19)29(23(20)30)33-14-17-9-5-4-6-10-17/h4-12,15,26H,3,13-14H2,1-2H3. The van der Waals surface area contributed by atoms with Crippen molar-refractivity contribution in [2.45, 2.75) is 27.0 Å². The topological polar surface area (TPSA) is 108 Å². The maximum absolute atomic E-state index is 13.5. The quantitative estimate of drug-likeness (QED) is 0.413. The van der Waals surface area contributed by atoms with Gasteiger partial charge in [-0.05, 0) is 31.5 Å². The van der Waals surface area contributed by atoms with Crippen LogP contribution in [0, 0.1) is 6.92 Å². The first-order valence-corrected chi connectivity index (χ1v) is 10.5.